The molecular weight excluding hydrogens is 208 g/mol. The maximum absolute atomic E-state index is 11.7. The average Bonchev–Trinajstić information content (AvgIpc) is 2.47. The van der Waals surface area contributed by atoms with Gasteiger partial charge in [0.15, 0.2) is 0 Å². The molecule has 90 valence electrons. The van der Waals surface area contributed by atoms with Crippen molar-refractivity contribution in [3.8, 4) is 0 Å². The maximum atomic E-state index is 11.7. The van der Waals surface area contributed by atoms with Gasteiger partial charge in [-0.2, -0.15) is 0 Å². The lowest BCUT2D eigenvalue weighted by molar-refractivity contribution is -0.146. The Labute approximate surface area is 95.0 Å². The summed E-state index contributed by atoms with van der Waals surface area (Å²) in [6, 6.07) is 0.00208. The van der Waals surface area contributed by atoms with E-state index in [1.807, 2.05) is 7.05 Å². The number of likely N-dealkylation sites (N-methyl/N-ethyl adjacent to an activating group) is 1. The molecule has 2 aliphatic rings. The zero-order chi connectivity index (χ0) is 11.9. The molecule has 0 aliphatic carbocycles. The number of nitrogens with zero attached hydrogens (tertiary/aromatic N) is 2. The van der Waals surface area contributed by atoms with E-state index in [9.17, 15) is 9.59 Å². The van der Waals surface area contributed by atoms with Crippen molar-refractivity contribution < 1.29 is 14.7 Å². The Balaban J connectivity index is 1.85. The Morgan fingerprint density at radius 2 is 2.12 bits per heavy atom. The van der Waals surface area contributed by atoms with Crippen molar-refractivity contribution in [2.45, 2.75) is 19.4 Å². The number of carboxylic acids is 1. The number of amides is 1. The summed E-state index contributed by atoms with van der Waals surface area (Å²) in [5, 5.41) is 8.87. The first-order chi connectivity index (χ1) is 7.50. The molecule has 2 heterocycles. The molecule has 2 aliphatic heterocycles. The summed E-state index contributed by atoms with van der Waals surface area (Å²) >= 11 is 0. The van der Waals surface area contributed by atoms with Crippen LogP contribution in [0.3, 0.4) is 0 Å². The van der Waals surface area contributed by atoms with Crippen LogP contribution in [-0.2, 0) is 9.59 Å². The number of carbonyl (C=O) groups excluding carboxylic acids is 1. The second-order valence-electron chi connectivity index (χ2n) is 4.91. The summed E-state index contributed by atoms with van der Waals surface area (Å²) in [5.74, 6) is -0.650. The van der Waals surface area contributed by atoms with Crippen LogP contribution in [-0.4, -0.2) is 59.5 Å². The summed E-state index contributed by atoms with van der Waals surface area (Å²) in [6.45, 7) is 4.06. The van der Waals surface area contributed by atoms with Crippen LogP contribution in [0.1, 0.15) is 13.3 Å². The van der Waals surface area contributed by atoms with Gasteiger partial charge < -0.3 is 10.0 Å². The van der Waals surface area contributed by atoms with Gasteiger partial charge in [0.05, 0.1) is 12.0 Å². The molecule has 2 rings (SSSR count). The van der Waals surface area contributed by atoms with Crippen LogP contribution in [0.2, 0.25) is 0 Å². The minimum absolute atomic E-state index is 0.00208. The van der Waals surface area contributed by atoms with Gasteiger partial charge in [0, 0.05) is 26.7 Å². The highest BCUT2D eigenvalue weighted by atomic mass is 16.4. The topological polar surface area (TPSA) is 60.9 Å². The van der Waals surface area contributed by atoms with Gasteiger partial charge in [-0.3, -0.25) is 14.5 Å². The zero-order valence-corrected chi connectivity index (χ0v) is 9.72. The molecule has 0 aromatic carbocycles. The van der Waals surface area contributed by atoms with Gasteiger partial charge in [0.2, 0.25) is 5.91 Å². The number of carboxylic acid groups (broad SMARTS) is 1. The second kappa shape index (κ2) is 4.05. The predicted octanol–water partition coefficient (Wildman–Crippen LogP) is -0.130. The lowest BCUT2D eigenvalue weighted by Gasteiger charge is -2.43. The fourth-order valence-electron chi connectivity index (χ4n) is 2.46. The van der Waals surface area contributed by atoms with Gasteiger partial charge in [0.1, 0.15) is 0 Å². The molecule has 0 aromatic rings. The first-order valence-electron chi connectivity index (χ1n) is 5.72. The van der Waals surface area contributed by atoms with E-state index in [1.165, 1.54) is 0 Å². The number of aliphatic carboxylic acids is 1. The molecule has 0 aromatic heterocycles. The third-order valence-corrected chi connectivity index (χ3v) is 3.87. The van der Waals surface area contributed by atoms with Gasteiger partial charge in [0.25, 0.3) is 0 Å². The molecule has 16 heavy (non-hydrogen) atoms. The lowest BCUT2D eigenvalue weighted by Crippen LogP contribution is -2.57. The molecule has 5 heteroatoms. The number of carbonyl (C=O) groups is 2. The first-order valence-corrected chi connectivity index (χ1v) is 5.72. The van der Waals surface area contributed by atoms with E-state index in [1.54, 1.807) is 11.8 Å². The standard InChI is InChI=1S/C11H18N2O3/c1-7(11(15)16)8-5-13(6-8)9-3-4-12(2)10(9)14/h7-9H,3-6H2,1-2H3,(H,15,16). The van der Waals surface area contributed by atoms with Crippen LogP contribution in [0.15, 0.2) is 0 Å². The lowest BCUT2D eigenvalue weighted by atomic mass is 9.86. The Kier molecular flexibility index (Phi) is 2.88. The van der Waals surface area contributed by atoms with Crippen LogP contribution in [0.4, 0.5) is 0 Å². The van der Waals surface area contributed by atoms with Crippen LogP contribution >= 0.6 is 0 Å². The van der Waals surface area contributed by atoms with E-state index < -0.39 is 5.97 Å². The van der Waals surface area contributed by atoms with Crippen LogP contribution in [0, 0.1) is 11.8 Å². The van der Waals surface area contributed by atoms with Crippen LogP contribution in [0.5, 0.6) is 0 Å². The second-order valence-corrected chi connectivity index (χ2v) is 4.91. The van der Waals surface area contributed by atoms with Gasteiger partial charge >= 0.3 is 5.97 Å². The van der Waals surface area contributed by atoms with Gasteiger partial charge in [-0.1, -0.05) is 6.92 Å². The minimum atomic E-state index is -0.737. The maximum Gasteiger partial charge on any atom is 0.306 e. The van der Waals surface area contributed by atoms with Crippen molar-refractivity contribution in [3.05, 3.63) is 0 Å². The molecule has 0 saturated carbocycles. The quantitative estimate of drug-likeness (QED) is 0.728. The highest BCUT2D eigenvalue weighted by Crippen LogP contribution is 2.29. The van der Waals surface area contributed by atoms with Crippen molar-refractivity contribution >= 4 is 11.9 Å². The zero-order valence-electron chi connectivity index (χ0n) is 9.72. The van der Waals surface area contributed by atoms with Crippen molar-refractivity contribution in [2.75, 3.05) is 26.7 Å². The van der Waals surface area contributed by atoms with Crippen molar-refractivity contribution in [1.29, 1.82) is 0 Å². The molecule has 1 amide bonds. The highest BCUT2D eigenvalue weighted by Gasteiger charge is 2.43. The number of rotatable bonds is 3. The molecular formula is C11H18N2O3. The number of hydrogen-bond acceptors (Lipinski definition) is 3. The molecule has 0 radical (unpaired) electrons. The normalized spacial score (nSPS) is 29.2. The summed E-state index contributed by atoms with van der Waals surface area (Å²) in [6.07, 6.45) is 0.878. The average molecular weight is 226 g/mol. The largest absolute Gasteiger partial charge is 0.481 e. The molecule has 2 saturated heterocycles. The predicted molar refractivity (Wildman–Crippen MR) is 57.9 cm³/mol. The molecule has 0 bridgehead atoms. The summed E-state index contributed by atoms with van der Waals surface area (Å²) in [7, 11) is 1.82. The van der Waals surface area contributed by atoms with E-state index in [-0.39, 0.29) is 23.8 Å². The third-order valence-electron chi connectivity index (χ3n) is 3.87. The number of likely N-dealkylation sites (tertiary alicyclic amines) is 2. The fraction of sp³-hybridized carbons (Fsp3) is 0.818. The Morgan fingerprint density at radius 1 is 1.50 bits per heavy atom. The minimum Gasteiger partial charge on any atom is -0.481 e. The molecule has 1 N–H and O–H groups in total. The van der Waals surface area contributed by atoms with Gasteiger partial charge in [-0.25, -0.2) is 0 Å². The SMILES string of the molecule is CC(C(=O)O)C1CN(C2CCN(C)C2=O)C1. The molecule has 2 atom stereocenters. The monoisotopic (exact) mass is 226 g/mol. The highest BCUT2D eigenvalue weighted by molar-refractivity contribution is 5.83. The molecule has 2 unspecified atom stereocenters. The van der Waals surface area contributed by atoms with E-state index in [0.29, 0.717) is 0 Å². The Hall–Kier alpha value is -1.10. The van der Waals surface area contributed by atoms with Gasteiger partial charge in [-0.05, 0) is 12.3 Å². The van der Waals surface area contributed by atoms with E-state index in [0.717, 1.165) is 26.1 Å². The van der Waals surface area contributed by atoms with Crippen molar-refractivity contribution in [3.63, 3.8) is 0 Å². The number of hydrogen-bond donors (Lipinski definition) is 1. The summed E-state index contributed by atoms with van der Waals surface area (Å²) in [5.41, 5.74) is 0. The van der Waals surface area contributed by atoms with Crippen LogP contribution < -0.4 is 0 Å². The van der Waals surface area contributed by atoms with Crippen molar-refractivity contribution in [2.24, 2.45) is 11.8 Å². The fourth-order valence-corrected chi connectivity index (χ4v) is 2.46. The van der Waals surface area contributed by atoms with Crippen molar-refractivity contribution in [1.82, 2.24) is 9.80 Å². The first kappa shape index (κ1) is 11.4. The summed E-state index contributed by atoms with van der Waals surface area (Å²) < 4.78 is 0. The summed E-state index contributed by atoms with van der Waals surface area (Å²) in [4.78, 5) is 26.4. The van der Waals surface area contributed by atoms with Crippen LogP contribution in [0.25, 0.3) is 0 Å². The Bertz CT molecular complexity index is 312. The molecule has 2 fully saturated rings. The third kappa shape index (κ3) is 1.80. The van der Waals surface area contributed by atoms with E-state index >= 15 is 0 Å². The molecule has 0 spiro atoms. The van der Waals surface area contributed by atoms with E-state index in [4.69, 9.17) is 5.11 Å². The molecule has 5 nitrogen and oxygen atoms in total. The smallest absolute Gasteiger partial charge is 0.306 e. The Morgan fingerprint density at radius 3 is 2.56 bits per heavy atom. The van der Waals surface area contributed by atoms with Gasteiger partial charge in [-0.15, -0.1) is 0 Å². The van der Waals surface area contributed by atoms with E-state index in [2.05, 4.69) is 4.90 Å².